The lowest BCUT2D eigenvalue weighted by Crippen LogP contribution is -2.27. The molecule has 104 valence electrons. The van der Waals surface area contributed by atoms with Crippen LogP contribution in [0.1, 0.15) is 54.2 Å². The minimum absolute atomic E-state index is 0.103. The molecule has 1 N–H and O–H groups in total. The second-order valence-corrected chi connectivity index (χ2v) is 5.15. The summed E-state index contributed by atoms with van der Waals surface area (Å²) in [5.74, 6) is 0.677. The second kappa shape index (κ2) is 6.10. The fraction of sp³-hybridized carbons (Fsp3) is 0.643. The van der Waals surface area contributed by atoms with Gasteiger partial charge in [-0.05, 0) is 45.8 Å². The molecule has 1 aliphatic heterocycles. The quantitative estimate of drug-likeness (QED) is 0.897. The lowest BCUT2D eigenvalue weighted by atomic mass is 10.2. The van der Waals surface area contributed by atoms with Gasteiger partial charge < -0.3 is 5.32 Å². The minimum Gasteiger partial charge on any atom is -0.351 e. The number of likely N-dealkylation sites (tertiary alicyclic amines) is 1. The molecule has 1 saturated heterocycles. The molecule has 2 heterocycles. The number of aryl methyl sites for hydroxylation is 1. The van der Waals surface area contributed by atoms with Gasteiger partial charge in [0.1, 0.15) is 11.5 Å². The molecule has 0 saturated carbocycles. The molecule has 5 heteroatoms. The molecular weight excluding hydrogens is 240 g/mol. The van der Waals surface area contributed by atoms with E-state index in [1.807, 2.05) is 13.8 Å². The first kappa shape index (κ1) is 13.9. The molecule has 0 bridgehead atoms. The highest BCUT2D eigenvalue weighted by molar-refractivity contribution is 5.92. The van der Waals surface area contributed by atoms with E-state index in [0.29, 0.717) is 12.2 Å². The summed E-state index contributed by atoms with van der Waals surface area (Å²) in [6, 6.07) is 2.00. The van der Waals surface area contributed by atoms with Gasteiger partial charge in [-0.2, -0.15) is 0 Å². The first-order valence-corrected chi connectivity index (χ1v) is 6.96. The van der Waals surface area contributed by atoms with Crippen LogP contribution >= 0.6 is 0 Å². The summed E-state index contributed by atoms with van der Waals surface area (Å²) in [5.41, 5.74) is 1.34. The van der Waals surface area contributed by atoms with E-state index in [9.17, 15) is 4.79 Å². The largest absolute Gasteiger partial charge is 0.351 e. The maximum atomic E-state index is 12.0. The van der Waals surface area contributed by atoms with E-state index in [1.54, 1.807) is 6.07 Å². The molecule has 1 aromatic heterocycles. The van der Waals surface area contributed by atoms with Crippen LogP contribution in [0.2, 0.25) is 0 Å². The smallest absolute Gasteiger partial charge is 0.270 e. The highest BCUT2D eigenvalue weighted by Crippen LogP contribution is 2.28. The summed E-state index contributed by atoms with van der Waals surface area (Å²) in [6.07, 6.45) is 3.15. The topological polar surface area (TPSA) is 58.1 Å². The van der Waals surface area contributed by atoms with Crippen LogP contribution in [0.15, 0.2) is 6.07 Å². The number of carbonyl (C=O) groups excluding carboxylic acids is 1. The van der Waals surface area contributed by atoms with E-state index in [-0.39, 0.29) is 11.9 Å². The normalized spacial score (nSPS) is 19.6. The Kier molecular flexibility index (Phi) is 4.47. The number of carbonyl (C=O) groups is 1. The number of aromatic nitrogens is 2. The maximum Gasteiger partial charge on any atom is 0.270 e. The monoisotopic (exact) mass is 262 g/mol. The summed E-state index contributed by atoms with van der Waals surface area (Å²) >= 11 is 0. The molecule has 5 nitrogen and oxygen atoms in total. The van der Waals surface area contributed by atoms with Gasteiger partial charge in [-0.25, -0.2) is 9.97 Å². The van der Waals surface area contributed by atoms with Crippen LogP contribution in [0.5, 0.6) is 0 Å². The van der Waals surface area contributed by atoms with E-state index >= 15 is 0 Å². The van der Waals surface area contributed by atoms with Gasteiger partial charge >= 0.3 is 0 Å². The van der Waals surface area contributed by atoms with Crippen LogP contribution in [0.4, 0.5) is 0 Å². The third-order valence-corrected chi connectivity index (χ3v) is 3.46. The van der Waals surface area contributed by atoms with Crippen molar-refractivity contribution < 1.29 is 4.79 Å². The van der Waals surface area contributed by atoms with Crippen molar-refractivity contribution in [2.24, 2.45) is 0 Å². The summed E-state index contributed by atoms with van der Waals surface area (Å²) in [6.45, 7) is 5.70. The molecule has 0 radical (unpaired) electrons. The van der Waals surface area contributed by atoms with E-state index in [1.165, 1.54) is 0 Å². The van der Waals surface area contributed by atoms with Gasteiger partial charge in [0, 0.05) is 12.2 Å². The predicted octanol–water partition coefficient (Wildman–Crippen LogP) is 1.69. The molecule has 1 unspecified atom stereocenters. The number of hydrogen-bond acceptors (Lipinski definition) is 4. The second-order valence-electron chi connectivity index (χ2n) is 5.15. The summed E-state index contributed by atoms with van der Waals surface area (Å²) in [4.78, 5) is 23.2. The van der Waals surface area contributed by atoms with Crippen molar-refractivity contribution >= 4 is 5.91 Å². The first-order chi connectivity index (χ1) is 9.11. The van der Waals surface area contributed by atoms with E-state index in [4.69, 9.17) is 0 Å². The SMILES string of the molecule is CCCNC(=O)c1cc(C)nc(C2CCCN2C)n1. The molecule has 19 heavy (non-hydrogen) atoms. The Morgan fingerprint density at radius 2 is 2.32 bits per heavy atom. The zero-order valence-corrected chi connectivity index (χ0v) is 11.9. The van der Waals surface area contributed by atoms with Crippen LogP contribution < -0.4 is 5.32 Å². The van der Waals surface area contributed by atoms with Crippen LogP contribution in [-0.2, 0) is 0 Å². The van der Waals surface area contributed by atoms with Crippen molar-refractivity contribution in [3.05, 3.63) is 23.3 Å². The first-order valence-electron chi connectivity index (χ1n) is 6.96. The van der Waals surface area contributed by atoms with Crippen molar-refractivity contribution in [1.29, 1.82) is 0 Å². The Balaban J connectivity index is 2.21. The Hall–Kier alpha value is -1.49. The fourth-order valence-corrected chi connectivity index (χ4v) is 2.42. The van der Waals surface area contributed by atoms with Gasteiger partial charge in [0.2, 0.25) is 0 Å². The lowest BCUT2D eigenvalue weighted by molar-refractivity contribution is 0.0947. The molecule has 1 amide bonds. The fourth-order valence-electron chi connectivity index (χ4n) is 2.42. The van der Waals surface area contributed by atoms with Crippen molar-refractivity contribution in [3.63, 3.8) is 0 Å². The highest BCUT2D eigenvalue weighted by Gasteiger charge is 2.26. The van der Waals surface area contributed by atoms with Crippen molar-refractivity contribution in [3.8, 4) is 0 Å². The van der Waals surface area contributed by atoms with Crippen molar-refractivity contribution in [2.45, 2.75) is 39.2 Å². The van der Waals surface area contributed by atoms with Gasteiger partial charge in [0.25, 0.3) is 5.91 Å². The summed E-state index contributed by atoms with van der Waals surface area (Å²) in [7, 11) is 2.08. The molecule has 0 aromatic carbocycles. The van der Waals surface area contributed by atoms with Gasteiger partial charge in [-0.15, -0.1) is 0 Å². The van der Waals surface area contributed by atoms with Crippen molar-refractivity contribution in [2.75, 3.05) is 20.1 Å². The van der Waals surface area contributed by atoms with Crippen LogP contribution in [0.25, 0.3) is 0 Å². The Labute approximate surface area is 114 Å². The van der Waals surface area contributed by atoms with Crippen LogP contribution in [0, 0.1) is 6.92 Å². The van der Waals surface area contributed by atoms with Crippen LogP contribution in [0.3, 0.4) is 0 Å². The molecule has 2 rings (SSSR count). The standard InChI is InChI=1S/C14H22N4O/c1-4-7-15-14(19)11-9-10(2)16-13(17-11)12-6-5-8-18(12)3/h9,12H,4-8H2,1-3H3,(H,15,19). The minimum atomic E-state index is -0.103. The molecule has 1 fully saturated rings. The number of nitrogens with one attached hydrogen (secondary N) is 1. The molecule has 0 spiro atoms. The zero-order valence-electron chi connectivity index (χ0n) is 11.9. The van der Waals surface area contributed by atoms with Gasteiger partial charge in [0.15, 0.2) is 0 Å². The predicted molar refractivity (Wildman–Crippen MR) is 74.0 cm³/mol. The third kappa shape index (κ3) is 3.29. The lowest BCUT2D eigenvalue weighted by Gasteiger charge is -2.18. The van der Waals surface area contributed by atoms with E-state index in [2.05, 4.69) is 27.2 Å². The highest BCUT2D eigenvalue weighted by atomic mass is 16.1. The van der Waals surface area contributed by atoms with Crippen LogP contribution in [-0.4, -0.2) is 40.9 Å². The molecular formula is C14H22N4O. The summed E-state index contributed by atoms with van der Waals surface area (Å²) in [5, 5.41) is 2.86. The molecule has 1 aromatic rings. The van der Waals surface area contributed by atoms with Gasteiger partial charge in [-0.3, -0.25) is 9.69 Å². The maximum absolute atomic E-state index is 12.0. The average molecular weight is 262 g/mol. The van der Waals surface area contributed by atoms with Gasteiger partial charge in [-0.1, -0.05) is 6.92 Å². The Bertz CT molecular complexity index is 461. The number of amides is 1. The average Bonchev–Trinajstić information content (AvgIpc) is 2.81. The summed E-state index contributed by atoms with van der Waals surface area (Å²) < 4.78 is 0. The Morgan fingerprint density at radius 1 is 1.53 bits per heavy atom. The van der Waals surface area contributed by atoms with E-state index in [0.717, 1.165) is 37.3 Å². The van der Waals surface area contributed by atoms with Crippen molar-refractivity contribution in [1.82, 2.24) is 20.2 Å². The zero-order chi connectivity index (χ0) is 13.8. The van der Waals surface area contributed by atoms with E-state index < -0.39 is 0 Å². The number of hydrogen-bond donors (Lipinski definition) is 1. The number of rotatable bonds is 4. The molecule has 0 aliphatic carbocycles. The number of nitrogens with zero attached hydrogens (tertiary/aromatic N) is 3. The Morgan fingerprint density at radius 3 is 2.95 bits per heavy atom. The third-order valence-electron chi connectivity index (χ3n) is 3.46. The molecule has 1 atom stereocenters. The van der Waals surface area contributed by atoms with Gasteiger partial charge in [0.05, 0.1) is 6.04 Å². The molecule has 1 aliphatic rings.